The number of carbonyl (C=O) groups excluding carboxylic acids is 1. The van der Waals surface area contributed by atoms with E-state index in [0.717, 1.165) is 0 Å². The smallest absolute Gasteiger partial charge is 0.324 e. The minimum Gasteiger partial charge on any atom is -0.464 e. The molecule has 0 fully saturated rings. The highest BCUT2D eigenvalue weighted by Crippen LogP contribution is 1.95. The highest BCUT2D eigenvalue weighted by molar-refractivity contribution is 5.75. The summed E-state index contributed by atoms with van der Waals surface area (Å²) in [6.45, 7) is 8.84. The van der Waals surface area contributed by atoms with Gasteiger partial charge in [-0.1, -0.05) is 20.8 Å². The average Bonchev–Trinajstić information content (AvgIpc) is 2.00. The third-order valence-electron chi connectivity index (χ3n) is 1.36. The van der Waals surface area contributed by atoms with E-state index in [1.807, 2.05) is 20.8 Å². The van der Waals surface area contributed by atoms with Gasteiger partial charge in [0.1, 0.15) is 6.04 Å². The third kappa shape index (κ3) is 5.13. The fourth-order valence-corrected chi connectivity index (χ4v) is 0.718. The van der Waals surface area contributed by atoms with Crippen molar-refractivity contribution in [3.8, 4) is 0 Å². The maximum Gasteiger partial charge on any atom is 0.324 e. The van der Waals surface area contributed by atoms with Crippen LogP contribution in [-0.4, -0.2) is 25.2 Å². The first-order chi connectivity index (χ1) is 5.57. The topological polar surface area (TPSA) is 40.4 Å². The second-order valence-corrected chi connectivity index (χ2v) is 3.20. The summed E-state index contributed by atoms with van der Waals surface area (Å²) >= 11 is 0. The quantitative estimate of drug-likeness (QED) is 0.584. The molecule has 0 aliphatic rings. The maximum absolute atomic E-state index is 11.1. The van der Waals surface area contributed by atoms with Crippen LogP contribution in [0.4, 0.5) is 0 Å². The Balaban J connectivity index is 3.57. The van der Waals surface area contributed by atoms with E-state index in [1.165, 1.54) is 0 Å². The molecule has 0 heterocycles. The molecule has 1 atom stereocenters. The number of likely N-dealkylation sites (N-methyl/N-ethyl adjacent to an activating group) is 1. The molecule has 12 heavy (non-hydrogen) atoms. The Labute approximate surface area is 74.5 Å². The fraction of sp³-hybridized carbons (Fsp3) is 0.889. The van der Waals surface area contributed by atoms with Crippen LogP contribution in [0.1, 0.15) is 27.7 Å². The van der Waals surface area contributed by atoms with Gasteiger partial charge in [0.15, 0.2) is 0 Å². The Hall–Kier alpha value is -0.570. The van der Waals surface area contributed by atoms with Crippen molar-refractivity contribution in [3.05, 3.63) is 0 Å². The van der Waals surface area contributed by atoms with Gasteiger partial charge in [0, 0.05) is 6.54 Å². The Morgan fingerprint density at radius 1 is 1.42 bits per heavy atom. The molecule has 0 saturated carbocycles. The number of hydrogen-bond donors (Lipinski definition) is 0. The van der Waals surface area contributed by atoms with Crippen LogP contribution in [0.25, 0.3) is 0 Å². The van der Waals surface area contributed by atoms with Crippen LogP contribution < -0.4 is 5.32 Å². The molecule has 1 radical (unpaired) electrons. The molecule has 1 unspecified atom stereocenters. The van der Waals surface area contributed by atoms with Gasteiger partial charge in [-0.3, -0.25) is 4.79 Å². The van der Waals surface area contributed by atoms with E-state index in [9.17, 15) is 4.79 Å². The van der Waals surface area contributed by atoms with E-state index in [-0.39, 0.29) is 12.0 Å². The highest BCUT2D eigenvalue weighted by Gasteiger charge is 2.13. The molecule has 0 aromatic heterocycles. The summed E-state index contributed by atoms with van der Waals surface area (Å²) in [6.07, 6.45) is 0. The van der Waals surface area contributed by atoms with E-state index in [1.54, 1.807) is 6.92 Å². The molecule has 71 valence electrons. The number of rotatable bonds is 5. The molecule has 0 saturated heterocycles. The molecule has 0 amide bonds. The van der Waals surface area contributed by atoms with Crippen LogP contribution in [0.3, 0.4) is 0 Å². The van der Waals surface area contributed by atoms with Crippen molar-refractivity contribution < 1.29 is 9.53 Å². The summed E-state index contributed by atoms with van der Waals surface area (Å²) in [7, 11) is 0. The van der Waals surface area contributed by atoms with Crippen LogP contribution in [0.5, 0.6) is 0 Å². The predicted octanol–water partition coefficient (Wildman–Crippen LogP) is 1.20. The van der Waals surface area contributed by atoms with Gasteiger partial charge in [-0.2, -0.15) is 0 Å². The van der Waals surface area contributed by atoms with Crippen molar-refractivity contribution in [2.75, 3.05) is 13.2 Å². The Bertz CT molecular complexity index is 134. The lowest BCUT2D eigenvalue weighted by Crippen LogP contribution is -2.30. The molecule has 0 aliphatic carbocycles. The first-order valence-electron chi connectivity index (χ1n) is 4.41. The molecule has 0 spiro atoms. The molecule has 0 N–H and O–H groups in total. The zero-order valence-corrected chi connectivity index (χ0v) is 8.33. The van der Waals surface area contributed by atoms with Crippen LogP contribution >= 0.6 is 0 Å². The lowest BCUT2D eigenvalue weighted by Gasteiger charge is -2.11. The van der Waals surface area contributed by atoms with Crippen molar-refractivity contribution in [3.63, 3.8) is 0 Å². The summed E-state index contributed by atoms with van der Waals surface area (Å²) < 4.78 is 4.99. The SMILES string of the molecule is CC[N]C(C)C(=O)OCC(C)C. The van der Waals surface area contributed by atoms with Gasteiger partial charge < -0.3 is 4.74 Å². The second-order valence-electron chi connectivity index (χ2n) is 3.20. The van der Waals surface area contributed by atoms with Gasteiger partial charge in [-0.05, 0) is 12.8 Å². The van der Waals surface area contributed by atoms with Crippen molar-refractivity contribution >= 4 is 5.97 Å². The van der Waals surface area contributed by atoms with Crippen LogP contribution in [0, 0.1) is 5.92 Å². The van der Waals surface area contributed by atoms with Crippen molar-refractivity contribution in [1.29, 1.82) is 0 Å². The lowest BCUT2D eigenvalue weighted by atomic mass is 10.2. The third-order valence-corrected chi connectivity index (χ3v) is 1.36. The molecule has 0 rings (SSSR count). The molecule has 3 nitrogen and oxygen atoms in total. The molecular weight excluding hydrogens is 154 g/mol. The summed E-state index contributed by atoms with van der Waals surface area (Å²) in [6, 6.07) is -0.311. The monoisotopic (exact) mass is 172 g/mol. The molecule has 3 heteroatoms. The fourth-order valence-electron chi connectivity index (χ4n) is 0.718. The van der Waals surface area contributed by atoms with Crippen LogP contribution in [0.2, 0.25) is 0 Å². The summed E-state index contributed by atoms with van der Waals surface area (Å²) in [5.74, 6) is 0.174. The Morgan fingerprint density at radius 2 is 2.00 bits per heavy atom. The molecule has 0 bridgehead atoms. The lowest BCUT2D eigenvalue weighted by molar-refractivity contribution is -0.146. The predicted molar refractivity (Wildman–Crippen MR) is 47.9 cm³/mol. The number of ether oxygens (including phenoxy) is 1. The Kier molecular flexibility index (Phi) is 5.72. The van der Waals surface area contributed by atoms with Gasteiger partial charge >= 0.3 is 5.97 Å². The molecule has 0 aromatic rings. The van der Waals surface area contributed by atoms with E-state index in [0.29, 0.717) is 19.1 Å². The first kappa shape index (κ1) is 11.4. The molecule has 0 aromatic carbocycles. The van der Waals surface area contributed by atoms with Crippen LogP contribution in [0.15, 0.2) is 0 Å². The maximum atomic E-state index is 11.1. The minimum absolute atomic E-state index is 0.217. The molecular formula is C9H18NO2. The van der Waals surface area contributed by atoms with Gasteiger partial charge in [-0.25, -0.2) is 5.32 Å². The first-order valence-corrected chi connectivity index (χ1v) is 4.41. The van der Waals surface area contributed by atoms with Gasteiger partial charge in [0.2, 0.25) is 0 Å². The van der Waals surface area contributed by atoms with Crippen molar-refractivity contribution in [2.24, 2.45) is 5.92 Å². The number of esters is 1. The van der Waals surface area contributed by atoms with Gasteiger partial charge in [-0.15, -0.1) is 0 Å². The van der Waals surface area contributed by atoms with Crippen LogP contribution in [-0.2, 0) is 9.53 Å². The number of nitrogens with zero attached hydrogens (tertiary/aromatic N) is 1. The van der Waals surface area contributed by atoms with Crippen molar-refractivity contribution in [1.82, 2.24) is 5.32 Å². The van der Waals surface area contributed by atoms with Gasteiger partial charge in [0.25, 0.3) is 0 Å². The number of carbonyl (C=O) groups is 1. The largest absolute Gasteiger partial charge is 0.464 e. The summed E-state index contributed by atoms with van der Waals surface area (Å²) in [5.41, 5.74) is 0. The summed E-state index contributed by atoms with van der Waals surface area (Å²) in [5, 5.41) is 4.03. The standard InChI is InChI=1S/C9H18NO2/c1-5-10-8(4)9(11)12-6-7(2)3/h7-8H,5-6H2,1-4H3. The molecule has 0 aliphatic heterocycles. The van der Waals surface area contributed by atoms with Crippen molar-refractivity contribution in [2.45, 2.75) is 33.7 Å². The summed E-state index contributed by atoms with van der Waals surface area (Å²) in [4.78, 5) is 11.1. The average molecular weight is 172 g/mol. The number of hydrogen-bond acceptors (Lipinski definition) is 2. The van der Waals surface area contributed by atoms with E-state index in [2.05, 4.69) is 5.32 Å². The minimum atomic E-state index is -0.311. The van der Waals surface area contributed by atoms with Gasteiger partial charge in [0.05, 0.1) is 6.61 Å². The Morgan fingerprint density at radius 3 is 2.42 bits per heavy atom. The van der Waals surface area contributed by atoms with E-state index < -0.39 is 0 Å². The zero-order valence-electron chi connectivity index (χ0n) is 8.33. The van der Waals surface area contributed by atoms with E-state index >= 15 is 0 Å². The highest BCUT2D eigenvalue weighted by atomic mass is 16.5. The zero-order chi connectivity index (χ0) is 9.56. The second kappa shape index (κ2) is 6.00. The van der Waals surface area contributed by atoms with E-state index in [4.69, 9.17) is 4.74 Å². The normalized spacial score (nSPS) is 13.1.